The van der Waals surface area contributed by atoms with E-state index in [0.717, 1.165) is 6.54 Å². The predicted octanol–water partition coefficient (Wildman–Crippen LogP) is -0.480. The van der Waals surface area contributed by atoms with E-state index in [1.165, 1.54) is 0 Å². The third-order valence-electron chi connectivity index (χ3n) is 0.440. The maximum atomic E-state index is 8.13. The third kappa shape index (κ3) is 5.88. The van der Waals surface area contributed by atoms with Crippen molar-refractivity contribution in [3.63, 3.8) is 0 Å². The summed E-state index contributed by atoms with van der Waals surface area (Å²) < 4.78 is 0. The Balaban J connectivity index is 2.45. The van der Waals surface area contributed by atoms with Crippen molar-refractivity contribution in [1.82, 2.24) is 5.48 Å². The Kier molecular flexibility index (Phi) is 5.78. The van der Waals surface area contributed by atoms with Gasteiger partial charge in [-0.05, 0) is 0 Å². The normalized spacial score (nSPS) is 9.43. The van der Waals surface area contributed by atoms with Gasteiger partial charge in [0, 0.05) is 6.54 Å². The number of hydrogen-bond donors (Lipinski definition) is 2. The fourth-order valence-electron chi connectivity index (χ4n) is 0.220. The number of nitrogens with one attached hydrogen (secondary N) is 1. The van der Waals surface area contributed by atoms with Gasteiger partial charge < -0.3 is 5.11 Å². The molecule has 0 fully saturated rings. The summed E-state index contributed by atoms with van der Waals surface area (Å²) in [4.78, 5) is 4.63. The molecule has 0 aromatic carbocycles. The predicted molar refractivity (Wildman–Crippen MR) is 26.7 cm³/mol. The highest BCUT2D eigenvalue weighted by molar-refractivity contribution is 4.18. The highest BCUT2D eigenvalue weighted by Gasteiger charge is 1.76. The maximum absolute atomic E-state index is 8.13. The average Bonchev–Trinajstić information content (AvgIpc) is 1.69. The van der Waals surface area contributed by atoms with Crippen molar-refractivity contribution < 1.29 is 9.94 Å². The summed E-state index contributed by atoms with van der Waals surface area (Å²) in [6.45, 7) is 3.15. The number of aliphatic hydroxyl groups excluding tert-OH is 1. The summed E-state index contributed by atoms with van der Waals surface area (Å²) in [7, 11) is 0. The molecule has 0 aromatic rings. The van der Waals surface area contributed by atoms with Crippen LogP contribution < -0.4 is 5.48 Å². The van der Waals surface area contributed by atoms with Crippen molar-refractivity contribution in [2.45, 2.75) is 6.92 Å². The molecule has 0 amide bonds. The van der Waals surface area contributed by atoms with Crippen LogP contribution in [0.5, 0.6) is 0 Å². The molecule has 0 saturated carbocycles. The highest BCUT2D eigenvalue weighted by Crippen LogP contribution is 1.61. The second-order valence-corrected chi connectivity index (χ2v) is 1.07. The summed E-state index contributed by atoms with van der Waals surface area (Å²) in [5, 5.41) is 8.13. The molecule has 0 aliphatic heterocycles. The van der Waals surface area contributed by atoms with Crippen LogP contribution in [-0.2, 0) is 4.84 Å². The van der Waals surface area contributed by atoms with Gasteiger partial charge >= 0.3 is 0 Å². The molecule has 0 bridgehead atoms. The molecule has 0 rings (SSSR count). The summed E-state index contributed by atoms with van der Waals surface area (Å²) >= 11 is 0. The van der Waals surface area contributed by atoms with E-state index in [-0.39, 0.29) is 6.61 Å². The molecule has 0 atom stereocenters. The summed E-state index contributed by atoms with van der Waals surface area (Å²) in [6.07, 6.45) is 0. The van der Waals surface area contributed by atoms with Crippen LogP contribution in [0.2, 0.25) is 0 Å². The third-order valence-corrected chi connectivity index (χ3v) is 0.440. The van der Waals surface area contributed by atoms with Crippen LogP contribution in [0.4, 0.5) is 0 Å². The highest BCUT2D eigenvalue weighted by atomic mass is 16.6. The molecular formula is C4H11NO2. The number of hydrogen-bond acceptors (Lipinski definition) is 3. The molecule has 3 heteroatoms. The first kappa shape index (κ1) is 6.88. The van der Waals surface area contributed by atoms with E-state index in [4.69, 9.17) is 5.11 Å². The van der Waals surface area contributed by atoms with Gasteiger partial charge in [-0.1, -0.05) is 6.92 Å². The van der Waals surface area contributed by atoms with Crippen LogP contribution in [0.1, 0.15) is 6.92 Å². The Morgan fingerprint density at radius 2 is 2.43 bits per heavy atom. The SMILES string of the molecule is CCNOCCO. The Bertz CT molecular complexity index is 28.9. The Labute approximate surface area is 43.2 Å². The maximum Gasteiger partial charge on any atom is 0.0913 e. The van der Waals surface area contributed by atoms with Gasteiger partial charge in [0.1, 0.15) is 0 Å². The first-order chi connectivity index (χ1) is 3.41. The molecule has 0 aliphatic rings. The number of rotatable bonds is 4. The second-order valence-electron chi connectivity index (χ2n) is 1.07. The van der Waals surface area contributed by atoms with Gasteiger partial charge in [0.2, 0.25) is 0 Å². The van der Waals surface area contributed by atoms with E-state index >= 15 is 0 Å². The first-order valence-corrected chi connectivity index (χ1v) is 2.37. The lowest BCUT2D eigenvalue weighted by atomic mass is 10.8. The van der Waals surface area contributed by atoms with E-state index in [2.05, 4.69) is 10.3 Å². The Hall–Kier alpha value is -0.120. The molecule has 0 saturated heterocycles. The lowest BCUT2D eigenvalue weighted by Crippen LogP contribution is -2.15. The monoisotopic (exact) mass is 105 g/mol. The van der Waals surface area contributed by atoms with Gasteiger partial charge in [0.05, 0.1) is 13.2 Å². The largest absolute Gasteiger partial charge is 0.394 e. The summed E-state index contributed by atoms with van der Waals surface area (Å²) in [5.74, 6) is 0. The fraction of sp³-hybridized carbons (Fsp3) is 1.00. The second kappa shape index (κ2) is 5.88. The van der Waals surface area contributed by atoms with Gasteiger partial charge in [-0.2, -0.15) is 0 Å². The quantitative estimate of drug-likeness (QED) is 0.375. The number of hydroxylamine groups is 1. The van der Waals surface area contributed by atoms with Gasteiger partial charge in [-0.3, -0.25) is 4.84 Å². The van der Waals surface area contributed by atoms with Crippen molar-refractivity contribution in [1.29, 1.82) is 0 Å². The van der Waals surface area contributed by atoms with Crippen molar-refractivity contribution in [3.8, 4) is 0 Å². The van der Waals surface area contributed by atoms with Crippen LogP contribution in [0.25, 0.3) is 0 Å². The van der Waals surface area contributed by atoms with Crippen LogP contribution in [0.15, 0.2) is 0 Å². The van der Waals surface area contributed by atoms with Gasteiger partial charge in [-0.15, -0.1) is 0 Å². The zero-order valence-corrected chi connectivity index (χ0v) is 4.48. The van der Waals surface area contributed by atoms with Crippen molar-refractivity contribution in [3.05, 3.63) is 0 Å². The zero-order chi connectivity index (χ0) is 5.54. The molecule has 3 nitrogen and oxygen atoms in total. The van der Waals surface area contributed by atoms with E-state index in [1.807, 2.05) is 6.92 Å². The lowest BCUT2D eigenvalue weighted by Gasteiger charge is -1.97. The smallest absolute Gasteiger partial charge is 0.0913 e. The topological polar surface area (TPSA) is 41.5 Å². The molecule has 0 spiro atoms. The molecule has 0 aliphatic carbocycles. The lowest BCUT2D eigenvalue weighted by molar-refractivity contribution is 0.0205. The van der Waals surface area contributed by atoms with Crippen molar-refractivity contribution in [2.75, 3.05) is 19.8 Å². The fourth-order valence-corrected chi connectivity index (χ4v) is 0.220. The summed E-state index contributed by atoms with van der Waals surface area (Å²) in [5.41, 5.74) is 2.59. The molecule has 0 heterocycles. The average molecular weight is 105 g/mol. The molecule has 7 heavy (non-hydrogen) atoms. The molecule has 0 radical (unpaired) electrons. The summed E-state index contributed by atoms with van der Waals surface area (Å²) in [6, 6.07) is 0. The zero-order valence-electron chi connectivity index (χ0n) is 4.48. The van der Waals surface area contributed by atoms with E-state index in [1.54, 1.807) is 0 Å². The van der Waals surface area contributed by atoms with Crippen LogP contribution >= 0.6 is 0 Å². The standard InChI is InChI=1S/C4H11NO2/c1-2-5-7-4-3-6/h5-6H,2-4H2,1H3. The van der Waals surface area contributed by atoms with Gasteiger partial charge in [0.25, 0.3) is 0 Å². The van der Waals surface area contributed by atoms with Crippen LogP contribution in [0.3, 0.4) is 0 Å². The van der Waals surface area contributed by atoms with E-state index < -0.39 is 0 Å². The molecule has 0 unspecified atom stereocenters. The van der Waals surface area contributed by atoms with Crippen molar-refractivity contribution >= 4 is 0 Å². The molecule has 2 N–H and O–H groups in total. The first-order valence-electron chi connectivity index (χ1n) is 2.37. The van der Waals surface area contributed by atoms with E-state index in [9.17, 15) is 0 Å². The van der Waals surface area contributed by atoms with E-state index in [0.29, 0.717) is 6.61 Å². The number of aliphatic hydroxyl groups is 1. The molecule has 0 aromatic heterocycles. The molecular weight excluding hydrogens is 94.0 g/mol. The van der Waals surface area contributed by atoms with Crippen molar-refractivity contribution in [2.24, 2.45) is 0 Å². The van der Waals surface area contributed by atoms with Gasteiger partial charge in [0.15, 0.2) is 0 Å². The van der Waals surface area contributed by atoms with Gasteiger partial charge in [-0.25, -0.2) is 5.48 Å². The minimum Gasteiger partial charge on any atom is -0.394 e. The Morgan fingerprint density at radius 3 is 2.86 bits per heavy atom. The Morgan fingerprint density at radius 1 is 1.71 bits per heavy atom. The van der Waals surface area contributed by atoms with Crippen LogP contribution in [-0.4, -0.2) is 24.9 Å². The van der Waals surface area contributed by atoms with Crippen LogP contribution in [0, 0.1) is 0 Å². The minimum absolute atomic E-state index is 0.0764. The minimum atomic E-state index is 0.0764. The molecule has 44 valence electrons.